The van der Waals surface area contributed by atoms with Crippen molar-refractivity contribution in [3.05, 3.63) is 43.6 Å². The van der Waals surface area contributed by atoms with Gasteiger partial charge < -0.3 is 4.98 Å². The first-order valence-corrected chi connectivity index (χ1v) is 6.54. The summed E-state index contributed by atoms with van der Waals surface area (Å²) in [5.74, 6) is 0.239. The van der Waals surface area contributed by atoms with Gasteiger partial charge in [0, 0.05) is 21.1 Å². The van der Waals surface area contributed by atoms with Gasteiger partial charge in [-0.05, 0) is 47.3 Å². The van der Waals surface area contributed by atoms with Crippen LogP contribution in [0.25, 0.3) is 10.9 Å². The summed E-state index contributed by atoms with van der Waals surface area (Å²) in [6, 6.07) is 3.88. The van der Waals surface area contributed by atoms with Gasteiger partial charge in [-0.3, -0.25) is 4.79 Å². The molecule has 17 heavy (non-hydrogen) atoms. The fourth-order valence-corrected chi connectivity index (χ4v) is 2.70. The molecule has 0 radical (unpaired) electrons. The molecule has 0 fully saturated rings. The molecule has 0 aliphatic carbocycles. The smallest absolute Gasteiger partial charge is 0.193 e. The average Bonchev–Trinajstić information content (AvgIpc) is 2.23. The van der Waals surface area contributed by atoms with Crippen LogP contribution in [0.4, 0.5) is 0 Å². The highest BCUT2D eigenvalue weighted by Crippen LogP contribution is 2.26. The second kappa shape index (κ2) is 4.30. The number of aromatic amines is 1. The van der Waals surface area contributed by atoms with E-state index in [1.165, 1.54) is 0 Å². The first-order chi connectivity index (χ1) is 7.93. The minimum absolute atomic E-state index is 0.145. The van der Waals surface area contributed by atoms with Gasteiger partial charge in [-0.15, -0.1) is 0 Å². The van der Waals surface area contributed by atoms with Gasteiger partial charge in [-0.2, -0.15) is 0 Å². The molecule has 0 saturated carbocycles. The molecule has 0 bridgehead atoms. The Labute approximate surface area is 109 Å². The molecule has 3 heteroatoms. The first-order valence-electron chi connectivity index (χ1n) is 5.75. The van der Waals surface area contributed by atoms with Gasteiger partial charge in [0.25, 0.3) is 0 Å². The van der Waals surface area contributed by atoms with Gasteiger partial charge in [0.1, 0.15) is 0 Å². The third kappa shape index (κ3) is 1.93. The second-order valence-corrected chi connectivity index (χ2v) is 5.56. The van der Waals surface area contributed by atoms with Crippen molar-refractivity contribution in [1.82, 2.24) is 4.98 Å². The molecule has 1 heterocycles. The number of aryl methyl sites for hydroxylation is 2. The van der Waals surface area contributed by atoms with Crippen molar-refractivity contribution in [1.29, 1.82) is 0 Å². The van der Waals surface area contributed by atoms with Crippen molar-refractivity contribution in [3.8, 4) is 0 Å². The van der Waals surface area contributed by atoms with Gasteiger partial charge in [-0.25, -0.2) is 0 Å². The number of aromatic nitrogens is 1. The standard InChI is InChI=1S/C14H16BrNO/c1-7(2)11-9(4)16-13-10(14(11)17)6-5-8(3)12(13)15/h5-7H,1-4H3,(H,16,17). The van der Waals surface area contributed by atoms with Crippen molar-refractivity contribution in [2.24, 2.45) is 0 Å². The number of nitrogens with one attached hydrogen (secondary N) is 1. The maximum atomic E-state index is 12.4. The molecule has 0 atom stereocenters. The van der Waals surface area contributed by atoms with Gasteiger partial charge >= 0.3 is 0 Å². The lowest BCUT2D eigenvalue weighted by atomic mass is 9.98. The largest absolute Gasteiger partial charge is 0.357 e. The lowest BCUT2D eigenvalue weighted by molar-refractivity contribution is 0.838. The monoisotopic (exact) mass is 293 g/mol. The number of pyridine rings is 1. The van der Waals surface area contributed by atoms with Crippen LogP contribution in [-0.2, 0) is 0 Å². The lowest BCUT2D eigenvalue weighted by Crippen LogP contribution is -2.15. The number of rotatable bonds is 1. The average molecular weight is 294 g/mol. The predicted octanol–water partition coefficient (Wildman–Crippen LogP) is 4.03. The Morgan fingerprint density at radius 2 is 1.88 bits per heavy atom. The zero-order chi connectivity index (χ0) is 12.7. The molecule has 0 saturated heterocycles. The first kappa shape index (κ1) is 12.4. The highest BCUT2D eigenvalue weighted by Gasteiger charge is 2.14. The molecular weight excluding hydrogens is 278 g/mol. The maximum absolute atomic E-state index is 12.4. The van der Waals surface area contributed by atoms with Crippen molar-refractivity contribution < 1.29 is 0 Å². The third-order valence-corrected chi connectivity index (χ3v) is 4.14. The van der Waals surface area contributed by atoms with Crippen LogP contribution in [0.15, 0.2) is 21.4 Å². The van der Waals surface area contributed by atoms with Crippen LogP contribution >= 0.6 is 15.9 Å². The number of H-pyrrole nitrogens is 1. The summed E-state index contributed by atoms with van der Waals surface area (Å²) in [6.07, 6.45) is 0. The molecule has 90 valence electrons. The van der Waals surface area contributed by atoms with Gasteiger partial charge in [0.15, 0.2) is 5.43 Å². The van der Waals surface area contributed by atoms with E-state index >= 15 is 0 Å². The lowest BCUT2D eigenvalue weighted by Gasteiger charge is -2.12. The molecule has 0 unspecified atom stereocenters. The summed E-state index contributed by atoms with van der Waals surface area (Å²) in [7, 11) is 0. The summed E-state index contributed by atoms with van der Waals surface area (Å²) in [5, 5.41) is 0.761. The Kier molecular flexibility index (Phi) is 3.13. The number of hydrogen-bond donors (Lipinski definition) is 1. The van der Waals surface area contributed by atoms with Crippen molar-refractivity contribution in [2.45, 2.75) is 33.6 Å². The van der Waals surface area contributed by atoms with Gasteiger partial charge in [0.05, 0.1) is 5.52 Å². The fourth-order valence-electron chi connectivity index (χ4n) is 2.26. The molecule has 0 aliphatic rings. The zero-order valence-electron chi connectivity index (χ0n) is 10.5. The van der Waals surface area contributed by atoms with Gasteiger partial charge in [0.2, 0.25) is 0 Å². The molecule has 1 N–H and O–H groups in total. The van der Waals surface area contributed by atoms with Crippen molar-refractivity contribution in [3.63, 3.8) is 0 Å². The van der Waals surface area contributed by atoms with Crippen LogP contribution in [0, 0.1) is 13.8 Å². The molecule has 2 rings (SSSR count). The van der Waals surface area contributed by atoms with Gasteiger partial charge in [-0.1, -0.05) is 19.9 Å². The Hall–Kier alpha value is -1.09. The number of hydrogen-bond acceptors (Lipinski definition) is 1. The Bertz CT molecular complexity index is 641. The number of benzene rings is 1. The normalized spacial score (nSPS) is 11.4. The SMILES string of the molecule is Cc1ccc2c(=O)c(C(C)C)c(C)[nH]c2c1Br. The highest BCUT2D eigenvalue weighted by molar-refractivity contribution is 9.10. The van der Waals surface area contributed by atoms with Crippen molar-refractivity contribution in [2.75, 3.05) is 0 Å². The van der Waals surface area contributed by atoms with Crippen LogP contribution in [0.2, 0.25) is 0 Å². The van der Waals surface area contributed by atoms with E-state index < -0.39 is 0 Å². The Balaban J connectivity index is 2.96. The summed E-state index contributed by atoms with van der Waals surface area (Å²) < 4.78 is 0.977. The highest BCUT2D eigenvalue weighted by atomic mass is 79.9. The Morgan fingerprint density at radius 3 is 2.47 bits per heavy atom. The second-order valence-electron chi connectivity index (χ2n) is 4.77. The zero-order valence-corrected chi connectivity index (χ0v) is 12.1. The summed E-state index contributed by atoms with van der Waals surface area (Å²) in [6.45, 7) is 8.08. The molecule has 2 nitrogen and oxygen atoms in total. The van der Waals surface area contributed by atoms with Crippen LogP contribution < -0.4 is 5.43 Å². The molecular formula is C14H16BrNO. The molecule has 0 amide bonds. The number of fused-ring (bicyclic) bond motifs is 1. The molecule has 0 aliphatic heterocycles. The topological polar surface area (TPSA) is 32.9 Å². The molecule has 0 spiro atoms. The summed E-state index contributed by atoms with van der Waals surface area (Å²) in [4.78, 5) is 15.8. The van der Waals surface area contributed by atoms with Crippen LogP contribution in [0.1, 0.15) is 36.6 Å². The third-order valence-electron chi connectivity index (χ3n) is 3.12. The van der Waals surface area contributed by atoms with E-state index in [0.717, 1.165) is 32.2 Å². The van der Waals surface area contributed by atoms with Crippen LogP contribution in [-0.4, -0.2) is 4.98 Å². The van der Waals surface area contributed by atoms with Crippen LogP contribution in [0.5, 0.6) is 0 Å². The van der Waals surface area contributed by atoms with E-state index in [1.54, 1.807) is 0 Å². The number of halogens is 1. The quantitative estimate of drug-likeness (QED) is 0.846. The summed E-state index contributed by atoms with van der Waals surface area (Å²) in [5.41, 5.74) is 4.02. The predicted molar refractivity (Wildman–Crippen MR) is 75.8 cm³/mol. The van der Waals surface area contributed by atoms with Crippen LogP contribution in [0.3, 0.4) is 0 Å². The maximum Gasteiger partial charge on any atom is 0.193 e. The molecule has 1 aromatic heterocycles. The Morgan fingerprint density at radius 1 is 1.24 bits per heavy atom. The minimum Gasteiger partial charge on any atom is -0.357 e. The molecule has 2 aromatic rings. The van der Waals surface area contributed by atoms with E-state index in [9.17, 15) is 4.79 Å². The molecule has 1 aromatic carbocycles. The van der Waals surface area contributed by atoms with E-state index in [4.69, 9.17) is 0 Å². The van der Waals surface area contributed by atoms with E-state index in [2.05, 4.69) is 20.9 Å². The fraction of sp³-hybridized carbons (Fsp3) is 0.357. The van der Waals surface area contributed by atoms with E-state index in [1.807, 2.05) is 39.8 Å². The minimum atomic E-state index is 0.145. The van der Waals surface area contributed by atoms with E-state index in [0.29, 0.717) is 0 Å². The van der Waals surface area contributed by atoms with Crippen molar-refractivity contribution >= 4 is 26.8 Å². The van der Waals surface area contributed by atoms with E-state index in [-0.39, 0.29) is 11.3 Å². The summed E-state index contributed by atoms with van der Waals surface area (Å²) >= 11 is 3.54.